The number of para-hydroxylation sites is 1. The molecule has 28 heavy (non-hydrogen) atoms. The van der Waals surface area contributed by atoms with E-state index in [4.69, 9.17) is 21.1 Å². The van der Waals surface area contributed by atoms with Gasteiger partial charge in [-0.3, -0.25) is 4.79 Å². The van der Waals surface area contributed by atoms with Crippen LogP contribution < -0.4 is 14.8 Å². The van der Waals surface area contributed by atoms with E-state index in [0.717, 1.165) is 5.56 Å². The maximum atomic E-state index is 12.3. The molecule has 3 rings (SSSR count). The fourth-order valence-electron chi connectivity index (χ4n) is 2.52. The van der Waals surface area contributed by atoms with Crippen LogP contribution in [0.5, 0.6) is 11.5 Å². The van der Waals surface area contributed by atoms with Crippen molar-refractivity contribution in [2.24, 2.45) is 4.99 Å². The van der Waals surface area contributed by atoms with E-state index in [-0.39, 0.29) is 12.0 Å². The summed E-state index contributed by atoms with van der Waals surface area (Å²) in [5.41, 5.74) is 1.46. The van der Waals surface area contributed by atoms with Crippen molar-refractivity contribution in [2.75, 3.05) is 6.61 Å². The maximum absolute atomic E-state index is 12.3. The monoisotopic (exact) mass is 416 g/mol. The van der Waals surface area contributed by atoms with Crippen LogP contribution in [0.2, 0.25) is 5.02 Å². The molecule has 0 saturated carbocycles. The molecule has 0 aliphatic carbocycles. The average molecular weight is 417 g/mol. The molecule has 7 heteroatoms. The van der Waals surface area contributed by atoms with E-state index in [0.29, 0.717) is 38.9 Å². The molecular weight excluding hydrogens is 396 g/mol. The van der Waals surface area contributed by atoms with Gasteiger partial charge in [-0.05, 0) is 68.4 Å². The number of thioether (sulfide) groups is 1. The number of nitrogens with zero attached hydrogens (tertiary/aromatic N) is 1. The van der Waals surface area contributed by atoms with Gasteiger partial charge in [-0.2, -0.15) is 0 Å². The third-order valence-corrected chi connectivity index (χ3v) is 4.88. The number of benzene rings is 2. The molecule has 146 valence electrons. The van der Waals surface area contributed by atoms with Gasteiger partial charge in [0.1, 0.15) is 0 Å². The number of nitrogens with one attached hydrogen (secondary N) is 1. The minimum atomic E-state index is -0.198. The van der Waals surface area contributed by atoms with Gasteiger partial charge in [-0.25, -0.2) is 4.99 Å². The lowest BCUT2D eigenvalue weighted by atomic mass is 10.2. The fourth-order valence-corrected chi connectivity index (χ4v) is 3.53. The van der Waals surface area contributed by atoms with Crippen molar-refractivity contribution in [3.63, 3.8) is 0 Å². The van der Waals surface area contributed by atoms with E-state index in [2.05, 4.69) is 10.3 Å². The summed E-state index contributed by atoms with van der Waals surface area (Å²) in [5, 5.41) is 3.79. The van der Waals surface area contributed by atoms with Crippen LogP contribution in [0.3, 0.4) is 0 Å². The molecule has 0 aromatic heterocycles. The number of rotatable bonds is 6. The maximum Gasteiger partial charge on any atom is 0.264 e. The zero-order valence-corrected chi connectivity index (χ0v) is 17.4. The Balaban J connectivity index is 1.84. The Morgan fingerprint density at radius 3 is 2.71 bits per heavy atom. The molecule has 1 aliphatic heterocycles. The highest BCUT2D eigenvalue weighted by molar-refractivity contribution is 8.18. The highest BCUT2D eigenvalue weighted by Gasteiger charge is 2.24. The number of aliphatic imine (C=N–C) groups is 1. The normalized spacial score (nSPS) is 16.7. The van der Waals surface area contributed by atoms with Crippen LogP contribution in [0.25, 0.3) is 6.08 Å². The Morgan fingerprint density at radius 2 is 2.00 bits per heavy atom. The topological polar surface area (TPSA) is 59.9 Å². The first kappa shape index (κ1) is 20.3. The first-order valence-corrected chi connectivity index (χ1v) is 10.1. The molecule has 0 atom stereocenters. The highest BCUT2D eigenvalue weighted by atomic mass is 35.5. The van der Waals surface area contributed by atoms with E-state index in [1.54, 1.807) is 18.2 Å². The van der Waals surface area contributed by atoms with E-state index < -0.39 is 0 Å². The molecule has 1 N–H and O–H groups in total. The van der Waals surface area contributed by atoms with Crippen molar-refractivity contribution < 1.29 is 14.3 Å². The third kappa shape index (κ3) is 5.09. The summed E-state index contributed by atoms with van der Waals surface area (Å²) in [5.74, 6) is 1.14. The van der Waals surface area contributed by atoms with E-state index >= 15 is 0 Å². The first-order chi connectivity index (χ1) is 13.5. The van der Waals surface area contributed by atoms with Crippen LogP contribution in [0.15, 0.2) is 52.4 Å². The summed E-state index contributed by atoms with van der Waals surface area (Å²) >= 11 is 7.40. The molecule has 1 aliphatic rings. The lowest BCUT2D eigenvalue weighted by Gasteiger charge is -2.15. The largest absolute Gasteiger partial charge is 0.490 e. The van der Waals surface area contributed by atoms with E-state index in [9.17, 15) is 4.79 Å². The predicted molar refractivity (Wildman–Crippen MR) is 116 cm³/mol. The fraction of sp³-hybridized carbons (Fsp3) is 0.238. The SMILES string of the molecule is CCOc1cc(/C=C2/SC(=Nc3ccccc3Cl)NC2=O)ccc1OC(C)C. The van der Waals surface area contributed by atoms with Crippen LogP contribution in [0.1, 0.15) is 26.3 Å². The zero-order valence-electron chi connectivity index (χ0n) is 15.9. The number of amides is 1. The van der Waals surface area contributed by atoms with E-state index in [1.165, 1.54) is 11.8 Å². The van der Waals surface area contributed by atoms with Gasteiger partial charge >= 0.3 is 0 Å². The molecule has 2 aromatic carbocycles. The molecule has 0 bridgehead atoms. The van der Waals surface area contributed by atoms with Crippen molar-refractivity contribution in [1.82, 2.24) is 5.32 Å². The van der Waals surface area contributed by atoms with Crippen LogP contribution in [0.4, 0.5) is 5.69 Å². The van der Waals surface area contributed by atoms with Crippen LogP contribution >= 0.6 is 23.4 Å². The molecule has 5 nitrogen and oxygen atoms in total. The second-order valence-corrected chi connectivity index (χ2v) is 7.68. The Hall–Kier alpha value is -2.44. The lowest BCUT2D eigenvalue weighted by Crippen LogP contribution is -2.19. The molecule has 0 radical (unpaired) electrons. The predicted octanol–water partition coefficient (Wildman–Crippen LogP) is 5.42. The number of amidine groups is 1. The minimum absolute atomic E-state index is 0.0446. The quantitative estimate of drug-likeness (QED) is 0.639. The molecule has 1 saturated heterocycles. The minimum Gasteiger partial charge on any atom is -0.490 e. The molecule has 2 aromatic rings. The molecule has 0 unspecified atom stereocenters. The standard InChI is InChI=1S/C21H21ClN2O3S/c1-4-26-18-11-14(9-10-17(18)27-13(2)3)12-19-20(25)24-21(28-19)23-16-8-6-5-7-15(16)22/h5-13H,4H2,1-3H3,(H,23,24,25)/b19-12+. The van der Waals surface area contributed by atoms with Gasteiger partial charge in [-0.1, -0.05) is 29.8 Å². The number of halogens is 1. The summed E-state index contributed by atoms with van der Waals surface area (Å²) in [7, 11) is 0. The van der Waals surface area contributed by atoms with Gasteiger partial charge in [0.25, 0.3) is 5.91 Å². The zero-order chi connectivity index (χ0) is 20.1. The summed E-state index contributed by atoms with van der Waals surface area (Å²) in [6.45, 7) is 6.37. The Bertz CT molecular complexity index is 941. The van der Waals surface area contributed by atoms with E-state index in [1.807, 2.05) is 51.1 Å². The number of carbonyl (C=O) groups excluding carboxylic acids is 1. The highest BCUT2D eigenvalue weighted by Crippen LogP contribution is 2.33. The molecule has 1 amide bonds. The number of ether oxygens (including phenoxy) is 2. The molecular formula is C21H21ClN2O3S. The van der Waals surface area contributed by atoms with Gasteiger partial charge in [0.05, 0.1) is 28.3 Å². The number of hydrogen-bond donors (Lipinski definition) is 1. The summed E-state index contributed by atoms with van der Waals surface area (Å²) < 4.78 is 11.5. The summed E-state index contributed by atoms with van der Waals surface area (Å²) in [6, 6.07) is 12.9. The van der Waals surface area contributed by atoms with Gasteiger partial charge < -0.3 is 14.8 Å². The second-order valence-electron chi connectivity index (χ2n) is 6.24. The van der Waals surface area contributed by atoms with Crippen LogP contribution in [-0.4, -0.2) is 23.8 Å². The average Bonchev–Trinajstić information content (AvgIpc) is 2.98. The third-order valence-electron chi connectivity index (χ3n) is 3.65. The Kier molecular flexibility index (Phi) is 6.65. The number of carbonyl (C=O) groups is 1. The van der Waals surface area contributed by atoms with Crippen molar-refractivity contribution in [1.29, 1.82) is 0 Å². The second kappa shape index (κ2) is 9.17. The van der Waals surface area contributed by atoms with Gasteiger partial charge in [0, 0.05) is 0 Å². The molecule has 1 heterocycles. The van der Waals surface area contributed by atoms with Crippen molar-refractivity contribution in [2.45, 2.75) is 26.9 Å². The van der Waals surface area contributed by atoms with Crippen molar-refractivity contribution in [3.8, 4) is 11.5 Å². The van der Waals surface area contributed by atoms with Crippen LogP contribution in [0, 0.1) is 0 Å². The molecule has 0 spiro atoms. The van der Waals surface area contributed by atoms with Gasteiger partial charge in [0.15, 0.2) is 16.7 Å². The van der Waals surface area contributed by atoms with Crippen molar-refractivity contribution in [3.05, 3.63) is 58.0 Å². The van der Waals surface area contributed by atoms with Crippen LogP contribution in [-0.2, 0) is 4.79 Å². The van der Waals surface area contributed by atoms with Gasteiger partial charge in [0.2, 0.25) is 0 Å². The van der Waals surface area contributed by atoms with Crippen molar-refractivity contribution >= 4 is 46.2 Å². The Labute approximate surface area is 173 Å². The summed E-state index contributed by atoms with van der Waals surface area (Å²) in [6.07, 6.45) is 1.85. The number of hydrogen-bond acceptors (Lipinski definition) is 5. The lowest BCUT2D eigenvalue weighted by molar-refractivity contribution is -0.115. The smallest absolute Gasteiger partial charge is 0.264 e. The molecule has 1 fully saturated rings. The summed E-state index contributed by atoms with van der Waals surface area (Å²) in [4.78, 5) is 17.3. The Morgan fingerprint density at radius 1 is 1.21 bits per heavy atom. The first-order valence-electron chi connectivity index (χ1n) is 8.94. The van der Waals surface area contributed by atoms with Gasteiger partial charge in [-0.15, -0.1) is 0 Å².